The fraction of sp³-hybridized carbons (Fsp3) is 0.429. The van der Waals surface area contributed by atoms with Crippen LogP contribution < -0.4 is 5.73 Å². The van der Waals surface area contributed by atoms with Crippen LogP contribution in [0.4, 0.5) is 0 Å². The van der Waals surface area contributed by atoms with Gasteiger partial charge in [-0.3, -0.25) is 0 Å². The first kappa shape index (κ1) is 15.2. The standard InChI is InChI=1S/C14H20N2O3S/c1-12(15)14-11-16(8-9-19-14)20(17,18)10-7-13-5-3-2-4-6-13/h2-7,10,12,14H,8-9,11,15H2,1H3/b10-7+. The van der Waals surface area contributed by atoms with Crippen molar-refractivity contribution < 1.29 is 13.2 Å². The normalized spacial score (nSPS) is 23.0. The van der Waals surface area contributed by atoms with Crippen molar-refractivity contribution in [3.63, 3.8) is 0 Å². The van der Waals surface area contributed by atoms with Crippen molar-refractivity contribution >= 4 is 16.1 Å². The fourth-order valence-corrected chi connectivity index (χ4v) is 3.20. The Morgan fingerprint density at radius 3 is 2.75 bits per heavy atom. The predicted octanol–water partition coefficient (Wildman–Crippen LogP) is 1.04. The molecule has 20 heavy (non-hydrogen) atoms. The summed E-state index contributed by atoms with van der Waals surface area (Å²) < 4.78 is 31.4. The average molecular weight is 296 g/mol. The van der Waals surface area contributed by atoms with E-state index in [1.165, 1.54) is 9.71 Å². The Balaban J connectivity index is 2.08. The van der Waals surface area contributed by atoms with Crippen LogP contribution >= 0.6 is 0 Å². The first-order valence-electron chi connectivity index (χ1n) is 6.59. The Bertz CT molecular complexity index is 555. The van der Waals surface area contributed by atoms with Crippen LogP contribution in [0.2, 0.25) is 0 Å². The molecule has 2 atom stereocenters. The van der Waals surface area contributed by atoms with Gasteiger partial charge in [0.2, 0.25) is 10.0 Å². The van der Waals surface area contributed by atoms with E-state index in [0.717, 1.165) is 5.56 Å². The molecule has 2 rings (SSSR count). The molecule has 0 radical (unpaired) electrons. The summed E-state index contributed by atoms with van der Waals surface area (Å²) in [5.41, 5.74) is 6.63. The first-order chi connectivity index (χ1) is 9.49. The molecule has 1 aliphatic rings. The van der Waals surface area contributed by atoms with E-state index >= 15 is 0 Å². The fourth-order valence-electron chi connectivity index (χ4n) is 2.01. The Hall–Kier alpha value is -1.21. The molecule has 1 aromatic rings. The molecule has 0 aromatic heterocycles. The number of nitrogens with zero attached hydrogens (tertiary/aromatic N) is 1. The molecular formula is C14H20N2O3S. The lowest BCUT2D eigenvalue weighted by molar-refractivity contribution is -0.0116. The molecule has 1 heterocycles. The monoisotopic (exact) mass is 296 g/mol. The largest absolute Gasteiger partial charge is 0.374 e. The molecule has 6 heteroatoms. The van der Waals surface area contributed by atoms with Gasteiger partial charge in [-0.2, -0.15) is 4.31 Å². The van der Waals surface area contributed by atoms with Crippen molar-refractivity contribution in [2.75, 3.05) is 19.7 Å². The molecule has 0 spiro atoms. The van der Waals surface area contributed by atoms with Gasteiger partial charge in [-0.1, -0.05) is 30.3 Å². The smallest absolute Gasteiger partial charge is 0.236 e. The molecule has 1 aromatic carbocycles. The van der Waals surface area contributed by atoms with Gasteiger partial charge in [0.15, 0.2) is 0 Å². The van der Waals surface area contributed by atoms with Crippen LogP contribution in [-0.2, 0) is 14.8 Å². The van der Waals surface area contributed by atoms with Gasteiger partial charge in [0, 0.05) is 24.5 Å². The van der Waals surface area contributed by atoms with Gasteiger partial charge in [0.05, 0.1) is 12.7 Å². The third-order valence-electron chi connectivity index (χ3n) is 3.23. The highest BCUT2D eigenvalue weighted by molar-refractivity contribution is 7.92. The highest BCUT2D eigenvalue weighted by atomic mass is 32.2. The number of hydrogen-bond acceptors (Lipinski definition) is 4. The maximum atomic E-state index is 12.3. The molecule has 0 amide bonds. The minimum absolute atomic E-state index is 0.189. The second-order valence-corrected chi connectivity index (χ2v) is 6.70. The van der Waals surface area contributed by atoms with Crippen LogP contribution in [0.15, 0.2) is 35.7 Å². The van der Waals surface area contributed by atoms with E-state index in [9.17, 15) is 8.42 Å². The summed E-state index contributed by atoms with van der Waals surface area (Å²) in [6.07, 6.45) is 1.36. The van der Waals surface area contributed by atoms with Crippen molar-refractivity contribution in [1.82, 2.24) is 4.31 Å². The lowest BCUT2D eigenvalue weighted by Gasteiger charge is -2.33. The van der Waals surface area contributed by atoms with Gasteiger partial charge >= 0.3 is 0 Å². The molecule has 1 aliphatic heterocycles. The van der Waals surface area contributed by atoms with Crippen molar-refractivity contribution in [3.05, 3.63) is 41.3 Å². The Morgan fingerprint density at radius 2 is 2.10 bits per heavy atom. The van der Waals surface area contributed by atoms with Crippen LogP contribution in [0.5, 0.6) is 0 Å². The highest BCUT2D eigenvalue weighted by Gasteiger charge is 2.29. The first-order valence-corrected chi connectivity index (χ1v) is 8.10. The second kappa shape index (κ2) is 6.49. The molecule has 5 nitrogen and oxygen atoms in total. The minimum Gasteiger partial charge on any atom is -0.374 e. The lowest BCUT2D eigenvalue weighted by Crippen LogP contribution is -2.50. The molecule has 0 saturated carbocycles. The highest BCUT2D eigenvalue weighted by Crippen LogP contribution is 2.14. The quantitative estimate of drug-likeness (QED) is 0.901. The molecule has 1 saturated heterocycles. The van der Waals surface area contributed by atoms with Crippen molar-refractivity contribution in [1.29, 1.82) is 0 Å². The number of benzene rings is 1. The van der Waals surface area contributed by atoms with Gasteiger partial charge in [-0.05, 0) is 18.6 Å². The Labute approximate surface area is 120 Å². The Morgan fingerprint density at radius 1 is 1.40 bits per heavy atom. The SMILES string of the molecule is CC(N)C1CN(S(=O)(=O)/C=C/c2ccccc2)CCO1. The predicted molar refractivity (Wildman–Crippen MR) is 79.4 cm³/mol. The van der Waals surface area contributed by atoms with Gasteiger partial charge in [0.1, 0.15) is 0 Å². The van der Waals surface area contributed by atoms with Crippen LogP contribution in [0.1, 0.15) is 12.5 Å². The number of morpholine rings is 1. The summed E-state index contributed by atoms with van der Waals surface area (Å²) >= 11 is 0. The maximum absolute atomic E-state index is 12.3. The molecule has 1 fully saturated rings. The van der Waals surface area contributed by atoms with E-state index in [-0.39, 0.29) is 12.1 Å². The third kappa shape index (κ3) is 3.89. The van der Waals surface area contributed by atoms with Gasteiger partial charge in [-0.15, -0.1) is 0 Å². The van der Waals surface area contributed by atoms with Crippen LogP contribution in [0.3, 0.4) is 0 Å². The molecular weight excluding hydrogens is 276 g/mol. The topological polar surface area (TPSA) is 72.6 Å². The summed E-state index contributed by atoms with van der Waals surface area (Å²) in [5.74, 6) is 0. The number of ether oxygens (including phenoxy) is 1. The summed E-state index contributed by atoms with van der Waals surface area (Å²) in [6.45, 7) is 2.87. The van der Waals surface area contributed by atoms with Gasteiger partial charge in [0.25, 0.3) is 0 Å². The zero-order valence-corrected chi connectivity index (χ0v) is 12.3. The maximum Gasteiger partial charge on any atom is 0.236 e. The molecule has 0 bridgehead atoms. The molecule has 2 unspecified atom stereocenters. The summed E-state index contributed by atoms with van der Waals surface area (Å²) in [7, 11) is -3.43. The van der Waals surface area contributed by atoms with E-state index in [4.69, 9.17) is 10.5 Å². The van der Waals surface area contributed by atoms with Gasteiger partial charge in [-0.25, -0.2) is 8.42 Å². The molecule has 2 N–H and O–H groups in total. The number of rotatable bonds is 4. The van der Waals surface area contributed by atoms with Crippen LogP contribution in [0, 0.1) is 0 Å². The minimum atomic E-state index is -3.43. The second-order valence-electron chi connectivity index (χ2n) is 4.88. The van der Waals surface area contributed by atoms with E-state index in [1.54, 1.807) is 6.08 Å². The third-order valence-corrected chi connectivity index (χ3v) is 4.77. The number of hydrogen-bond donors (Lipinski definition) is 1. The van der Waals surface area contributed by atoms with E-state index < -0.39 is 10.0 Å². The van der Waals surface area contributed by atoms with E-state index in [2.05, 4.69) is 0 Å². The Kier molecular flexibility index (Phi) is 4.93. The summed E-state index contributed by atoms with van der Waals surface area (Å²) in [5, 5.41) is 1.24. The van der Waals surface area contributed by atoms with Crippen molar-refractivity contribution in [2.45, 2.75) is 19.1 Å². The number of nitrogens with two attached hydrogens (primary N) is 1. The van der Waals surface area contributed by atoms with Crippen LogP contribution in [-0.4, -0.2) is 44.6 Å². The summed E-state index contributed by atoms with van der Waals surface area (Å²) in [4.78, 5) is 0. The van der Waals surface area contributed by atoms with Crippen molar-refractivity contribution in [2.24, 2.45) is 5.73 Å². The molecule has 0 aliphatic carbocycles. The van der Waals surface area contributed by atoms with E-state index in [1.807, 2.05) is 37.3 Å². The molecule has 110 valence electrons. The van der Waals surface area contributed by atoms with Crippen LogP contribution in [0.25, 0.3) is 6.08 Å². The average Bonchev–Trinajstić information content (AvgIpc) is 2.46. The zero-order valence-electron chi connectivity index (χ0n) is 11.5. The zero-order chi connectivity index (χ0) is 14.6. The van der Waals surface area contributed by atoms with Gasteiger partial charge < -0.3 is 10.5 Å². The van der Waals surface area contributed by atoms with E-state index in [0.29, 0.717) is 19.7 Å². The lowest BCUT2D eigenvalue weighted by atomic mass is 10.2. The number of sulfonamides is 1. The summed E-state index contributed by atoms with van der Waals surface area (Å²) in [6, 6.07) is 9.15. The van der Waals surface area contributed by atoms with Crippen molar-refractivity contribution in [3.8, 4) is 0 Å².